The van der Waals surface area contributed by atoms with E-state index in [1.807, 2.05) is 152 Å². The fourth-order valence-electron chi connectivity index (χ4n) is 7.92. The molecule has 344 valence electrons. The van der Waals surface area contributed by atoms with E-state index in [1.165, 1.54) is 13.8 Å². The maximum absolute atomic E-state index is 13.0. The van der Waals surface area contributed by atoms with Crippen molar-refractivity contribution in [2.75, 3.05) is 19.8 Å². The van der Waals surface area contributed by atoms with E-state index in [9.17, 15) is 14.7 Å². The first kappa shape index (κ1) is 47.6. The van der Waals surface area contributed by atoms with E-state index in [1.54, 1.807) is 0 Å². The van der Waals surface area contributed by atoms with Crippen molar-refractivity contribution in [3.63, 3.8) is 0 Å². The largest absolute Gasteiger partial charge is 0.463 e. The molecule has 0 unspecified atom stereocenters. The summed E-state index contributed by atoms with van der Waals surface area (Å²) in [5, 5.41) is 11.5. The predicted molar refractivity (Wildman–Crippen MR) is 238 cm³/mol. The molecule has 0 radical (unpaired) electrons. The SMILES string of the molecule is CC(=O)OC[C@H]1O[C@H](O)[C@H](OCc2ccccc2)[C@@H](OCc2ccccc2)[C@@H]1OC[C@H]1O[C@H](COCc2ccccc2)[C@@H](OCc2ccccc2)[C@H](OCc2ccccc2)[C@@H]1OC(C)=O. The van der Waals surface area contributed by atoms with Crippen molar-refractivity contribution in [3.8, 4) is 0 Å². The number of ether oxygens (including phenoxy) is 10. The highest BCUT2D eigenvalue weighted by molar-refractivity contribution is 5.66. The van der Waals surface area contributed by atoms with E-state index < -0.39 is 73.2 Å². The maximum atomic E-state index is 13.0. The van der Waals surface area contributed by atoms with Crippen LogP contribution in [0.1, 0.15) is 41.7 Å². The number of hydrogen-bond acceptors (Lipinski definition) is 13. The van der Waals surface area contributed by atoms with Gasteiger partial charge in [0.05, 0.1) is 46.2 Å². The van der Waals surface area contributed by atoms with Crippen LogP contribution in [0.5, 0.6) is 0 Å². The van der Waals surface area contributed by atoms with Crippen molar-refractivity contribution < 1.29 is 62.1 Å². The van der Waals surface area contributed by atoms with Crippen LogP contribution in [-0.4, -0.2) is 98.1 Å². The number of esters is 2. The van der Waals surface area contributed by atoms with Gasteiger partial charge in [-0.2, -0.15) is 0 Å². The summed E-state index contributed by atoms with van der Waals surface area (Å²) in [6.07, 6.45) is -9.91. The van der Waals surface area contributed by atoms with E-state index in [0.29, 0.717) is 6.61 Å². The molecule has 2 heterocycles. The van der Waals surface area contributed by atoms with Crippen LogP contribution in [0, 0.1) is 0 Å². The molecule has 0 amide bonds. The second-order valence-electron chi connectivity index (χ2n) is 16.0. The van der Waals surface area contributed by atoms with Crippen LogP contribution in [-0.2, 0) is 90.0 Å². The zero-order valence-electron chi connectivity index (χ0n) is 36.7. The molecule has 2 aliphatic rings. The van der Waals surface area contributed by atoms with E-state index in [2.05, 4.69) is 0 Å². The highest BCUT2D eigenvalue weighted by Crippen LogP contribution is 2.34. The number of hydrogen-bond donors (Lipinski definition) is 1. The molecule has 0 spiro atoms. The lowest BCUT2D eigenvalue weighted by Crippen LogP contribution is -2.64. The molecule has 1 N–H and O–H groups in total. The van der Waals surface area contributed by atoms with Crippen LogP contribution in [0.2, 0.25) is 0 Å². The first-order valence-corrected chi connectivity index (χ1v) is 22.0. The molecular weight excluding hydrogens is 833 g/mol. The van der Waals surface area contributed by atoms with Gasteiger partial charge in [0.15, 0.2) is 12.4 Å². The van der Waals surface area contributed by atoms with E-state index >= 15 is 0 Å². The normalized spacial score (nSPS) is 25.4. The molecule has 0 aromatic heterocycles. The fourth-order valence-corrected chi connectivity index (χ4v) is 7.92. The molecule has 65 heavy (non-hydrogen) atoms. The van der Waals surface area contributed by atoms with Gasteiger partial charge in [-0.05, 0) is 27.8 Å². The molecule has 0 saturated carbocycles. The molecule has 2 aliphatic heterocycles. The second kappa shape index (κ2) is 24.8. The summed E-state index contributed by atoms with van der Waals surface area (Å²) in [5.41, 5.74) is 4.54. The Morgan fingerprint density at radius 2 is 0.785 bits per heavy atom. The van der Waals surface area contributed by atoms with Crippen LogP contribution >= 0.6 is 0 Å². The van der Waals surface area contributed by atoms with Crippen LogP contribution in [0.3, 0.4) is 0 Å². The second-order valence-corrected chi connectivity index (χ2v) is 16.0. The standard InChI is InChI=1S/C52H58O13/c1-36(53)57-34-44-47(50(60-31-41-24-14-6-15-25-41)51(52(55)65-44)61-32-42-26-16-7-17-27-42)62-35-45-48(63-37(2)54)49(59-30-40-22-12-5-13-23-40)46(58-29-39-20-10-4-11-21-39)43(64-45)33-56-28-38-18-8-3-9-19-38/h3-27,43-52,55H,28-35H2,1-2H3/t43-,44-,45-,46-,47-,48-,49+,50+,51-,52+/m1/s1. The molecule has 5 aromatic rings. The van der Waals surface area contributed by atoms with Crippen molar-refractivity contribution in [2.24, 2.45) is 0 Å². The minimum absolute atomic E-state index is 0.0921. The average Bonchev–Trinajstić information content (AvgIpc) is 3.33. The number of aliphatic hydroxyl groups is 1. The molecule has 5 aromatic carbocycles. The Morgan fingerprint density at radius 3 is 1.23 bits per heavy atom. The quantitative estimate of drug-likeness (QED) is 0.0719. The monoisotopic (exact) mass is 890 g/mol. The number of aliphatic hydroxyl groups excluding tert-OH is 1. The van der Waals surface area contributed by atoms with Crippen molar-refractivity contribution in [1.29, 1.82) is 0 Å². The van der Waals surface area contributed by atoms with Gasteiger partial charge in [0, 0.05) is 13.8 Å². The predicted octanol–water partition coefficient (Wildman–Crippen LogP) is 6.91. The van der Waals surface area contributed by atoms with E-state index in [-0.39, 0.29) is 46.2 Å². The summed E-state index contributed by atoms with van der Waals surface area (Å²) >= 11 is 0. The van der Waals surface area contributed by atoms with Gasteiger partial charge >= 0.3 is 11.9 Å². The lowest BCUT2D eigenvalue weighted by molar-refractivity contribution is -0.322. The van der Waals surface area contributed by atoms with Gasteiger partial charge in [0.2, 0.25) is 0 Å². The zero-order valence-corrected chi connectivity index (χ0v) is 36.7. The third kappa shape index (κ3) is 14.3. The van der Waals surface area contributed by atoms with Crippen molar-refractivity contribution in [3.05, 3.63) is 179 Å². The average molecular weight is 891 g/mol. The van der Waals surface area contributed by atoms with Gasteiger partial charge in [-0.3, -0.25) is 9.59 Å². The van der Waals surface area contributed by atoms with Gasteiger partial charge in [0.25, 0.3) is 0 Å². The van der Waals surface area contributed by atoms with Crippen LogP contribution < -0.4 is 0 Å². The number of rotatable bonds is 22. The maximum Gasteiger partial charge on any atom is 0.303 e. The first-order chi connectivity index (χ1) is 31.8. The Hall–Kier alpha value is -5.32. The Kier molecular flexibility index (Phi) is 18.2. The minimum Gasteiger partial charge on any atom is -0.463 e. The van der Waals surface area contributed by atoms with Crippen molar-refractivity contribution >= 4 is 11.9 Å². The number of benzene rings is 5. The molecule has 13 heteroatoms. The highest BCUT2D eigenvalue weighted by Gasteiger charge is 2.52. The Balaban J connectivity index is 1.21. The van der Waals surface area contributed by atoms with Crippen molar-refractivity contribution in [2.45, 2.75) is 108 Å². The third-order valence-electron chi connectivity index (χ3n) is 11.1. The first-order valence-electron chi connectivity index (χ1n) is 22.0. The fraction of sp³-hybridized carbons (Fsp3) is 0.385. The van der Waals surface area contributed by atoms with Crippen LogP contribution in [0.4, 0.5) is 0 Å². The summed E-state index contributed by atoms with van der Waals surface area (Å²) in [5.74, 6) is -1.11. The third-order valence-corrected chi connectivity index (χ3v) is 11.1. The smallest absolute Gasteiger partial charge is 0.303 e. The number of carbonyl (C=O) groups excluding carboxylic acids is 2. The zero-order chi connectivity index (χ0) is 45.2. The van der Waals surface area contributed by atoms with Gasteiger partial charge in [-0.15, -0.1) is 0 Å². The molecule has 0 aliphatic carbocycles. The summed E-state index contributed by atoms with van der Waals surface area (Å²) < 4.78 is 64.2. The molecule has 0 bridgehead atoms. The van der Waals surface area contributed by atoms with Crippen LogP contribution in [0.15, 0.2) is 152 Å². The van der Waals surface area contributed by atoms with Gasteiger partial charge in [-0.25, -0.2) is 0 Å². The van der Waals surface area contributed by atoms with Crippen LogP contribution in [0.25, 0.3) is 0 Å². The Labute approximate surface area is 380 Å². The summed E-state index contributed by atoms with van der Waals surface area (Å²) in [4.78, 5) is 25.2. The number of carbonyl (C=O) groups is 2. The Morgan fingerprint density at radius 1 is 0.415 bits per heavy atom. The lowest BCUT2D eigenvalue weighted by atomic mass is 9.93. The lowest BCUT2D eigenvalue weighted by Gasteiger charge is -2.47. The molecule has 7 rings (SSSR count). The van der Waals surface area contributed by atoms with Gasteiger partial charge in [0.1, 0.15) is 55.4 Å². The molecule has 2 saturated heterocycles. The highest BCUT2D eigenvalue weighted by atomic mass is 16.7. The van der Waals surface area contributed by atoms with Gasteiger partial charge in [-0.1, -0.05) is 152 Å². The summed E-state index contributed by atoms with van der Waals surface area (Å²) in [6, 6.07) is 48.3. The summed E-state index contributed by atoms with van der Waals surface area (Å²) in [6.45, 7) is 3.22. The van der Waals surface area contributed by atoms with E-state index in [0.717, 1.165) is 27.8 Å². The summed E-state index contributed by atoms with van der Waals surface area (Å²) in [7, 11) is 0. The topological polar surface area (TPSA) is 147 Å². The molecule has 2 fully saturated rings. The van der Waals surface area contributed by atoms with Crippen molar-refractivity contribution in [1.82, 2.24) is 0 Å². The minimum atomic E-state index is -1.48. The Bertz CT molecular complexity index is 2130. The molecule has 13 nitrogen and oxygen atoms in total. The molecule has 10 atom stereocenters. The van der Waals surface area contributed by atoms with E-state index in [4.69, 9.17) is 47.4 Å². The molecular formula is C52H58O13. The van der Waals surface area contributed by atoms with Gasteiger partial charge < -0.3 is 52.5 Å².